The number of nitrogens with one attached hydrogen (secondary N) is 1. The fraction of sp³-hybridized carbons (Fsp3) is 0.222. The number of fused-ring (bicyclic) bond motifs is 2. The Morgan fingerprint density at radius 1 is 1.25 bits per heavy atom. The molecule has 122 valence electrons. The van der Waals surface area contributed by atoms with Crippen LogP contribution in [0.1, 0.15) is 5.56 Å². The monoisotopic (exact) mass is 323 g/mol. The lowest BCUT2D eigenvalue weighted by Crippen LogP contribution is -2.34. The van der Waals surface area contributed by atoms with Crippen molar-refractivity contribution in [3.63, 3.8) is 0 Å². The molecule has 6 nitrogen and oxygen atoms in total. The van der Waals surface area contributed by atoms with Crippen LogP contribution < -0.4 is 9.64 Å². The minimum atomic E-state index is -0.394. The normalized spacial score (nSPS) is 13.6. The number of aromatic amines is 1. The van der Waals surface area contributed by atoms with Crippen LogP contribution in [0.5, 0.6) is 5.75 Å². The zero-order valence-corrected chi connectivity index (χ0v) is 13.1. The van der Waals surface area contributed by atoms with Crippen LogP contribution in [-0.4, -0.2) is 29.6 Å². The molecular weight excluding hydrogens is 306 g/mol. The molecule has 1 aliphatic rings. The molecule has 4 rings (SSSR count). The average molecular weight is 323 g/mol. The summed E-state index contributed by atoms with van der Waals surface area (Å²) in [5.41, 5.74) is 3.41. The fourth-order valence-electron chi connectivity index (χ4n) is 3.21. The van der Waals surface area contributed by atoms with E-state index in [4.69, 9.17) is 4.74 Å². The van der Waals surface area contributed by atoms with Crippen molar-refractivity contribution in [1.29, 1.82) is 0 Å². The van der Waals surface area contributed by atoms with Gasteiger partial charge in [-0.15, -0.1) is 0 Å². The lowest BCUT2D eigenvalue weighted by atomic mass is 10.1. The van der Waals surface area contributed by atoms with Crippen molar-refractivity contribution in [2.45, 2.75) is 6.42 Å². The Kier molecular flexibility index (Phi) is 3.57. The third-order valence-electron chi connectivity index (χ3n) is 4.44. The van der Waals surface area contributed by atoms with Gasteiger partial charge in [0.25, 0.3) is 5.69 Å². The van der Waals surface area contributed by atoms with Crippen LogP contribution in [0.2, 0.25) is 0 Å². The van der Waals surface area contributed by atoms with Gasteiger partial charge in [-0.1, -0.05) is 18.2 Å². The smallest absolute Gasteiger partial charge is 0.273 e. The third kappa shape index (κ3) is 2.56. The highest BCUT2D eigenvalue weighted by Crippen LogP contribution is 2.35. The number of nitrogens with zero attached hydrogens (tertiary/aromatic N) is 2. The van der Waals surface area contributed by atoms with Crippen LogP contribution >= 0.6 is 0 Å². The summed E-state index contributed by atoms with van der Waals surface area (Å²) in [5, 5.41) is 12.2. The van der Waals surface area contributed by atoms with E-state index < -0.39 is 4.92 Å². The number of non-ortho nitro benzene ring substituents is 1. The van der Waals surface area contributed by atoms with E-state index in [9.17, 15) is 10.1 Å². The molecule has 0 spiro atoms. The quantitative estimate of drug-likeness (QED) is 0.589. The van der Waals surface area contributed by atoms with Gasteiger partial charge < -0.3 is 14.6 Å². The van der Waals surface area contributed by atoms with Gasteiger partial charge >= 0.3 is 0 Å². The molecule has 0 saturated carbocycles. The molecule has 0 radical (unpaired) electrons. The molecule has 1 aliphatic heterocycles. The Labute approximate surface area is 138 Å². The molecule has 6 heteroatoms. The number of aromatic nitrogens is 1. The van der Waals surface area contributed by atoms with Crippen LogP contribution in [0.25, 0.3) is 10.9 Å². The minimum absolute atomic E-state index is 0.0622. The van der Waals surface area contributed by atoms with E-state index in [0.717, 1.165) is 30.7 Å². The van der Waals surface area contributed by atoms with Gasteiger partial charge in [0.05, 0.1) is 23.2 Å². The number of hydrogen-bond donors (Lipinski definition) is 1. The van der Waals surface area contributed by atoms with Crippen molar-refractivity contribution in [2.24, 2.45) is 0 Å². The van der Waals surface area contributed by atoms with Gasteiger partial charge in [-0.3, -0.25) is 10.1 Å². The van der Waals surface area contributed by atoms with Crippen molar-refractivity contribution in [3.05, 3.63) is 64.3 Å². The van der Waals surface area contributed by atoms with Gasteiger partial charge in [-0.2, -0.15) is 0 Å². The molecule has 2 aromatic carbocycles. The molecule has 1 aromatic heterocycles. The maximum atomic E-state index is 10.9. The maximum absolute atomic E-state index is 10.9. The molecule has 0 saturated heterocycles. The van der Waals surface area contributed by atoms with E-state index >= 15 is 0 Å². The first-order chi connectivity index (χ1) is 11.7. The number of H-pyrrole nitrogens is 1. The Morgan fingerprint density at radius 2 is 2.12 bits per heavy atom. The summed E-state index contributed by atoms with van der Waals surface area (Å²) >= 11 is 0. The Balaban J connectivity index is 1.55. The van der Waals surface area contributed by atoms with Crippen molar-refractivity contribution >= 4 is 22.3 Å². The summed E-state index contributed by atoms with van der Waals surface area (Å²) in [6.45, 7) is 2.17. The summed E-state index contributed by atoms with van der Waals surface area (Å²) in [5.74, 6) is 0.592. The highest BCUT2D eigenvalue weighted by atomic mass is 16.6. The molecule has 0 unspecified atom stereocenters. The molecular formula is C18H17N3O3. The summed E-state index contributed by atoms with van der Waals surface area (Å²) in [6.07, 6.45) is 2.96. The van der Waals surface area contributed by atoms with Crippen molar-refractivity contribution in [3.8, 4) is 5.75 Å². The second-order valence-electron chi connectivity index (χ2n) is 5.85. The molecule has 0 aliphatic carbocycles. The molecule has 0 amide bonds. The number of para-hydroxylation sites is 1. The van der Waals surface area contributed by atoms with E-state index in [0.29, 0.717) is 12.4 Å². The number of benzene rings is 2. The van der Waals surface area contributed by atoms with E-state index in [-0.39, 0.29) is 5.69 Å². The molecule has 24 heavy (non-hydrogen) atoms. The van der Waals surface area contributed by atoms with Gasteiger partial charge in [-0.25, -0.2) is 0 Å². The summed E-state index contributed by atoms with van der Waals surface area (Å²) in [7, 11) is 0. The molecule has 0 bridgehead atoms. The second-order valence-corrected chi connectivity index (χ2v) is 5.85. The van der Waals surface area contributed by atoms with E-state index in [1.807, 2.05) is 12.1 Å². The van der Waals surface area contributed by atoms with E-state index in [1.54, 1.807) is 6.07 Å². The lowest BCUT2D eigenvalue weighted by molar-refractivity contribution is -0.384. The Bertz CT molecular complexity index is 903. The van der Waals surface area contributed by atoms with Crippen molar-refractivity contribution in [1.82, 2.24) is 4.98 Å². The Hall–Kier alpha value is -3.02. The second kappa shape index (κ2) is 5.88. The van der Waals surface area contributed by atoms with Crippen molar-refractivity contribution < 1.29 is 9.66 Å². The van der Waals surface area contributed by atoms with Gasteiger partial charge in [0.1, 0.15) is 12.4 Å². The summed E-state index contributed by atoms with van der Waals surface area (Å²) in [6, 6.07) is 13.1. The van der Waals surface area contributed by atoms with E-state index in [1.165, 1.54) is 23.1 Å². The highest BCUT2D eigenvalue weighted by molar-refractivity contribution is 5.83. The molecule has 3 aromatic rings. The standard InChI is InChI=1S/C18H17N3O3/c22-21(23)14-5-6-17-18(11-14)24-10-9-20(17)8-7-13-12-19-16-4-2-1-3-15(13)16/h1-6,11-12,19H,7-10H2. The van der Waals surface area contributed by atoms with Crippen LogP contribution in [0.3, 0.4) is 0 Å². The first kappa shape index (κ1) is 14.6. The predicted molar refractivity (Wildman–Crippen MR) is 92.8 cm³/mol. The van der Waals surface area contributed by atoms with Gasteiger partial charge in [0.15, 0.2) is 0 Å². The van der Waals surface area contributed by atoms with Crippen molar-refractivity contribution in [2.75, 3.05) is 24.6 Å². The molecule has 0 atom stereocenters. The number of nitro benzene ring substituents is 1. The topological polar surface area (TPSA) is 71.4 Å². The van der Waals surface area contributed by atoms with Crippen LogP contribution in [0, 0.1) is 10.1 Å². The number of nitro groups is 1. The van der Waals surface area contributed by atoms with Crippen LogP contribution in [0.4, 0.5) is 11.4 Å². The Morgan fingerprint density at radius 3 is 3.00 bits per heavy atom. The zero-order valence-electron chi connectivity index (χ0n) is 13.1. The SMILES string of the molecule is O=[N+]([O-])c1ccc2c(c1)OCCN2CCc1c[nH]c2ccccc12. The largest absolute Gasteiger partial charge is 0.489 e. The average Bonchev–Trinajstić information content (AvgIpc) is 3.02. The third-order valence-corrected chi connectivity index (χ3v) is 4.44. The predicted octanol–water partition coefficient (Wildman–Crippen LogP) is 3.52. The first-order valence-corrected chi connectivity index (χ1v) is 7.93. The van der Waals surface area contributed by atoms with E-state index in [2.05, 4.69) is 28.2 Å². The lowest BCUT2D eigenvalue weighted by Gasteiger charge is -2.31. The maximum Gasteiger partial charge on any atom is 0.273 e. The molecule has 1 N–H and O–H groups in total. The molecule has 2 heterocycles. The van der Waals surface area contributed by atoms with Gasteiger partial charge in [-0.05, 0) is 24.1 Å². The summed E-state index contributed by atoms with van der Waals surface area (Å²) in [4.78, 5) is 16.0. The fourth-order valence-corrected chi connectivity index (χ4v) is 3.21. The zero-order chi connectivity index (χ0) is 16.5. The number of rotatable bonds is 4. The van der Waals surface area contributed by atoms with Gasteiger partial charge in [0, 0.05) is 29.7 Å². The van der Waals surface area contributed by atoms with Gasteiger partial charge in [0.2, 0.25) is 0 Å². The molecule has 0 fully saturated rings. The number of anilines is 1. The first-order valence-electron chi connectivity index (χ1n) is 7.93. The highest BCUT2D eigenvalue weighted by Gasteiger charge is 2.21. The van der Waals surface area contributed by atoms with Crippen LogP contribution in [0.15, 0.2) is 48.7 Å². The summed E-state index contributed by atoms with van der Waals surface area (Å²) < 4.78 is 5.60. The number of ether oxygens (including phenoxy) is 1. The minimum Gasteiger partial charge on any atom is -0.489 e. The number of hydrogen-bond acceptors (Lipinski definition) is 4. The van der Waals surface area contributed by atoms with Crippen LogP contribution in [-0.2, 0) is 6.42 Å².